The fourth-order valence-electron chi connectivity index (χ4n) is 2.57. The lowest BCUT2D eigenvalue weighted by atomic mass is 10.2. The first-order chi connectivity index (χ1) is 13.5. The second kappa shape index (κ2) is 8.52. The minimum absolute atomic E-state index is 0.397. The maximum absolute atomic E-state index is 11.3. The molecule has 0 spiro atoms. The van der Waals surface area contributed by atoms with Crippen LogP contribution in [0.3, 0.4) is 0 Å². The number of H-pyrrole nitrogens is 1. The first-order valence-corrected chi connectivity index (χ1v) is 8.72. The van der Waals surface area contributed by atoms with Crippen molar-refractivity contribution in [3.05, 3.63) is 69.8 Å². The molecule has 1 aromatic carbocycles. The first kappa shape index (κ1) is 19.4. The summed E-state index contributed by atoms with van der Waals surface area (Å²) in [5.74, 6) is 0.503. The van der Waals surface area contributed by atoms with Crippen LogP contribution < -0.4 is 15.8 Å². The number of aryl methyl sites for hydroxylation is 1. The van der Waals surface area contributed by atoms with Crippen LogP contribution in [0.5, 0.6) is 11.5 Å². The van der Waals surface area contributed by atoms with E-state index in [4.69, 9.17) is 27.3 Å². The summed E-state index contributed by atoms with van der Waals surface area (Å²) in [7, 11) is 0. The fraction of sp³-hybridized carbons (Fsp3) is 0.158. The van der Waals surface area contributed by atoms with Gasteiger partial charge in [0.15, 0.2) is 5.75 Å². The fourth-order valence-corrected chi connectivity index (χ4v) is 2.79. The Kier molecular flexibility index (Phi) is 5.89. The summed E-state index contributed by atoms with van der Waals surface area (Å²) < 4.78 is 5.91. The Morgan fingerprint density at radius 2 is 2.18 bits per heavy atom. The van der Waals surface area contributed by atoms with Gasteiger partial charge in [-0.2, -0.15) is 10.4 Å². The molecule has 2 heterocycles. The van der Waals surface area contributed by atoms with Crippen LogP contribution in [-0.4, -0.2) is 21.1 Å². The highest BCUT2D eigenvalue weighted by Crippen LogP contribution is 2.30. The molecule has 0 atom stereocenters. The number of nitrogens with two attached hydrogens (primary N) is 1. The average Bonchev–Trinajstić information content (AvgIpc) is 3.01. The number of nitrogens with one attached hydrogen (secondary N) is 2. The molecule has 4 N–H and O–H groups in total. The minimum atomic E-state index is -0.500. The van der Waals surface area contributed by atoms with Crippen LogP contribution in [0.1, 0.15) is 33.0 Å². The van der Waals surface area contributed by atoms with Gasteiger partial charge < -0.3 is 15.8 Å². The second-order valence-corrected chi connectivity index (χ2v) is 6.45. The number of rotatable bonds is 7. The number of hydrogen-bond donors (Lipinski definition) is 3. The highest BCUT2D eigenvalue weighted by molar-refractivity contribution is 6.30. The summed E-state index contributed by atoms with van der Waals surface area (Å²) in [5, 5.41) is 19.8. The van der Waals surface area contributed by atoms with E-state index in [2.05, 4.69) is 20.5 Å². The van der Waals surface area contributed by atoms with Gasteiger partial charge in [-0.3, -0.25) is 14.9 Å². The van der Waals surface area contributed by atoms with E-state index in [1.54, 1.807) is 30.3 Å². The largest absolute Gasteiger partial charge is 0.453 e. The topological polar surface area (TPSA) is 130 Å². The van der Waals surface area contributed by atoms with E-state index < -0.39 is 5.91 Å². The second-order valence-electron chi connectivity index (χ2n) is 6.02. The van der Waals surface area contributed by atoms with E-state index in [1.165, 1.54) is 6.20 Å². The summed E-state index contributed by atoms with van der Waals surface area (Å²) in [4.78, 5) is 15.5. The summed E-state index contributed by atoms with van der Waals surface area (Å²) in [6.07, 6.45) is 1.54. The molecule has 8 nitrogen and oxygen atoms in total. The minimum Gasteiger partial charge on any atom is -0.453 e. The molecule has 2 aromatic heterocycles. The number of aromatic amines is 1. The smallest absolute Gasteiger partial charge is 0.248 e. The van der Waals surface area contributed by atoms with Crippen molar-refractivity contribution < 1.29 is 9.53 Å². The van der Waals surface area contributed by atoms with Crippen molar-refractivity contribution in [2.75, 3.05) is 0 Å². The molecule has 0 saturated heterocycles. The number of carbonyl (C=O) groups is 1. The van der Waals surface area contributed by atoms with Crippen LogP contribution in [0.15, 0.2) is 36.5 Å². The number of halogens is 1. The number of nitrogens with zero attached hydrogens (tertiary/aromatic N) is 3. The summed E-state index contributed by atoms with van der Waals surface area (Å²) in [5.41, 5.74) is 8.17. The van der Waals surface area contributed by atoms with Crippen LogP contribution in [0.25, 0.3) is 0 Å². The van der Waals surface area contributed by atoms with Gasteiger partial charge in [0.1, 0.15) is 11.4 Å². The van der Waals surface area contributed by atoms with Crippen molar-refractivity contribution >= 4 is 17.5 Å². The van der Waals surface area contributed by atoms with Crippen LogP contribution in [0.4, 0.5) is 0 Å². The molecule has 142 valence electrons. The highest BCUT2D eigenvalue weighted by Gasteiger charge is 2.14. The number of hydrogen-bond acceptors (Lipinski definition) is 6. The number of primary amides is 1. The zero-order valence-electron chi connectivity index (χ0n) is 15.0. The van der Waals surface area contributed by atoms with Gasteiger partial charge in [0.05, 0.1) is 23.0 Å². The molecule has 9 heteroatoms. The predicted molar refractivity (Wildman–Crippen MR) is 103 cm³/mol. The third-order valence-electron chi connectivity index (χ3n) is 3.88. The first-order valence-electron chi connectivity index (χ1n) is 8.34. The van der Waals surface area contributed by atoms with E-state index in [9.17, 15) is 4.79 Å². The van der Waals surface area contributed by atoms with Crippen LogP contribution in [-0.2, 0) is 13.1 Å². The number of benzene rings is 1. The number of amides is 1. The molecule has 0 fully saturated rings. The summed E-state index contributed by atoms with van der Waals surface area (Å²) in [6.45, 7) is 2.65. The molecule has 0 aliphatic carbocycles. The van der Waals surface area contributed by atoms with E-state index in [0.717, 1.165) is 5.69 Å². The molecule has 0 aliphatic rings. The molecule has 0 saturated carbocycles. The number of pyridine rings is 1. The van der Waals surface area contributed by atoms with E-state index in [0.29, 0.717) is 52.1 Å². The van der Waals surface area contributed by atoms with Crippen molar-refractivity contribution in [1.82, 2.24) is 20.5 Å². The number of carbonyl (C=O) groups excluding carboxylic acids is 1. The highest BCUT2D eigenvalue weighted by atomic mass is 35.5. The van der Waals surface area contributed by atoms with Crippen molar-refractivity contribution in [1.29, 1.82) is 5.26 Å². The molecule has 0 radical (unpaired) electrons. The average molecular weight is 397 g/mol. The Balaban J connectivity index is 1.70. The zero-order valence-corrected chi connectivity index (χ0v) is 15.7. The lowest BCUT2D eigenvalue weighted by Crippen LogP contribution is -2.16. The molecule has 1 amide bonds. The lowest BCUT2D eigenvalue weighted by Gasteiger charge is -2.09. The zero-order chi connectivity index (χ0) is 20.1. The van der Waals surface area contributed by atoms with Crippen LogP contribution in [0.2, 0.25) is 5.02 Å². The Hall–Kier alpha value is -3.41. The van der Waals surface area contributed by atoms with Crippen LogP contribution in [0, 0.1) is 18.3 Å². The van der Waals surface area contributed by atoms with Gasteiger partial charge in [0.2, 0.25) is 5.91 Å². The van der Waals surface area contributed by atoms with Crippen molar-refractivity contribution in [2.45, 2.75) is 20.0 Å². The van der Waals surface area contributed by atoms with Crippen molar-refractivity contribution in [3.8, 4) is 17.6 Å². The van der Waals surface area contributed by atoms with Gasteiger partial charge in [-0.15, -0.1) is 0 Å². The molecular weight excluding hydrogens is 380 g/mol. The number of nitriles is 1. The van der Waals surface area contributed by atoms with Gasteiger partial charge in [0, 0.05) is 29.9 Å². The van der Waals surface area contributed by atoms with Crippen molar-refractivity contribution in [3.63, 3.8) is 0 Å². The third-order valence-corrected chi connectivity index (χ3v) is 4.10. The number of ether oxygens (including phenoxy) is 1. The van der Waals surface area contributed by atoms with Gasteiger partial charge in [-0.1, -0.05) is 11.6 Å². The summed E-state index contributed by atoms with van der Waals surface area (Å²) in [6, 6.07) is 10.0. The molecule has 3 aromatic rings. The maximum Gasteiger partial charge on any atom is 0.248 e. The van der Waals surface area contributed by atoms with Gasteiger partial charge in [-0.05, 0) is 37.3 Å². The maximum atomic E-state index is 11.3. The van der Waals surface area contributed by atoms with Gasteiger partial charge in [-0.25, -0.2) is 0 Å². The molecule has 0 aliphatic heterocycles. The van der Waals surface area contributed by atoms with Crippen LogP contribution >= 0.6 is 11.6 Å². The third kappa shape index (κ3) is 4.65. The molecule has 3 rings (SSSR count). The number of aromatic nitrogens is 3. The summed E-state index contributed by atoms with van der Waals surface area (Å²) >= 11 is 6.03. The normalized spacial score (nSPS) is 10.5. The molecular formula is C19H17ClN6O2. The SMILES string of the molecule is Cc1[nH]nc(CNCc2cc(C(N)=O)ccn2)c1Oc1cc(Cl)cc(C#N)c1. The van der Waals surface area contributed by atoms with Crippen molar-refractivity contribution in [2.24, 2.45) is 5.73 Å². The van der Waals surface area contributed by atoms with E-state index in [-0.39, 0.29) is 0 Å². The molecule has 0 bridgehead atoms. The Bertz CT molecular complexity index is 1060. The lowest BCUT2D eigenvalue weighted by molar-refractivity contribution is 0.1000. The van der Waals surface area contributed by atoms with Gasteiger partial charge >= 0.3 is 0 Å². The Morgan fingerprint density at radius 1 is 1.36 bits per heavy atom. The Labute approximate surface area is 166 Å². The standard InChI is InChI=1S/C19H17ClN6O2/c1-11-18(28-16-5-12(8-21)4-14(20)7-16)17(26-25-11)10-23-9-15-6-13(19(22)27)2-3-24-15/h2-7,23H,9-10H2,1H3,(H2,22,27)(H,25,26). The Morgan fingerprint density at radius 3 is 2.93 bits per heavy atom. The van der Waals surface area contributed by atoms with Gasteiger partial charge in [0.25, 0.3) is 0 Å². The van der Waals surface area contributed by atoms with E-state index >= 15 is 0 Å². The monoisotopic (exact) mass is 396 g/mol. The predicted octanol–water partition coefficient (Wildman–Crippen LogP) is 2.82. The molecule has 28 heavy (non-hydrogen) atoms. The quantitative estimate of drug-likeness (QED) is 0.563. The van der Waals surface area contributed by atoms with E-state index in [1.807, 2.05) is 13.0 Å². The molecule has 0 unspecified atom stereocenters.